The molecule has 1 unspecified atom stereocenters. The van der Waals surface area contributed by atoms with Gasteiger partial charge in [0.05, 0.1) is 27.4 Å². The Labute approximate surface area is 112 Å². The van der Waals surface area contributed by atoms with Crippen LogP contribution in [0.3, 0.4) is 0 Å². The van der Waals surface area contributed by atoms with E-state index in [1.807, 2.05) is 0 Å². The number of rotatable bonds is 6. The minimum absolute atomic E-state index is 0.214. The van der Waals surface area contributed by atoms with Crippen LogP contribution in [0.5, 0.6) is 17.2 Å². The lowest BCUT2D eigenvalue weighted by Crippen LogP contribution is -2.37. The molecule has 1 aromatic rings. The van der Waals surface area contributed by atoms with E-state index in [1.165, 1.54) is 7.11 Å². The molecule has 0 heterocycles. The van der Waals surface area contributed by atoms with E-state index in [9.17, 15) is 4.79 Å². The summed E-state index contributed by atoms with van der Waals surface area (Å²) in [6, 6.07) is 3.02. The monoisotopic (exact) mass is 268 g/mol. The molecule has 0 aromatic heterocycles. The van der Waals surface area contributed by atoms with Gasteiger partial charge in [-0.15, -0.1) is 0 Å². The van der Waals surface area contributed by atoms with E-state index in [0.29, 0.717) is 23.8 Å². The lowest BCUT2D eigenvalue weighted by molar-refractivity contribution is -0.122. The third-order valence-corrected chi connectivity index (χ3v) is 2.60. The Hall–Kier alpha value is -1.95. The van der Waals surface area contributed by atoms with Gasteiger partial charge in [-0.05, 0) is 24.6 Å². The summed E-state index contributed by atoms with van der Waals surface area (Å²) in [7, 11) is 4.63. The van der Waals surface area contributed by atoms with Gasteiger partial charge in [0, 0.05) is 6.54 Å². The Morgan fingerprint density at radius 3 is 2.11 bits per heavy atom. The van der Waals surface area contributed by atoms with E-state index in [2.05, 4.69) is 5.32 Å². The number of carbonyl (C=O) groups excluding carboxylic acids is 1. The van der Waals surface area contributed by atoms with Crippen LogP contribution in [0, 0.1) is 0 Å². The first-order valence-corrected chi connectivity index (χ1v) is 5.85. The summed E-state index contributed by atoms with van der Waals surface area (Å²) in [6.07, 6.45) is 0. The third kappa shape index (κ3) is 3.75. The molecule has 0 radical (unpaired) electrons. The normalized spacial score (nSPS) is 11.6. The maximum atomic E-state index is 11.4. The second-order valence-electron chi connectivity index (χ2n) is 4.04. The van der Waals surface area contributed by atoms with Crippen molar-refractivity contribution in [3.8, 4) is 17.2 Å². The predicted octanol–water partition coefficient (Wildman–Crippen LogP) is 0.676. The number of nitrogens with two attached hydrogens (primary N) is 1. The lowest BCUT2D eigenvalue weighted by atomic mass is 10.1. The molecule has 1 atom stereocenters. The highest BCUT2D eigenvalue weighted by Crippen LogP contribution is 2.38. The van der Waals surface area contributed by atoms with E-state index in [4.69, 9.17) is 19.9 Å². The van der Waals surface area contributed by atoms with E-state index in [-0.39, 0.29) is 5.91 Å². The average molecular weight is 268 g/mol. The number of hydrogen-bond donors (Lipinski definition) is 2. The zero-order valence-corrected chi connectivity index (χ0v) is 11.6. The van der Waals surface area contributed by atoms with Gasteiger partial charge in [-0.3, -0.25) is 4.79 Å². The van der Waals surface area contributed by atoms with Crippen molar-refractivity contribution in [1.82, 2.24) is 5.32 Å². The molecule has 0 aliphatic heterocycles. The smallest absolute Gasteiger partial charge is 0.236 e. The van der Waals surface area contributed by atoms with Crippen LogP contribution >= 0.6 is 0 Å². The second kappa shape index (κ2) is 6.84. The van der Waals surface area contributed by atoms with Gasteiger partial charge in [0.25, 0.3) is 0 Å². The fourth-order valence-electron chi connectivity index (χ4n) is 1.59. The number of benzene rings is 1. The van der Waals surface area contributed by atoms with Crippen molar-refractivity contribution in [1.29, 1.82) is 0 Å². The largest absolute Gasteiger partial charge is 0.493 e. The number of hydrogen-bond acceptors (Lipinski definition) is 5. The summed E-state index contributed by atoms with van der Waals surface area (Å²) < 4.78 is 15.7. The van der Waals surface area contributed by atoms with Crippen molar-refractivity contribution < 1.29 is 19.0 Å². The summed E-state index contributed by atoms with van der Waals surface area (Å²) in [5.74, 6) is 1.40. The first kappa shape index (κ1) is 15.1. The van der Waals surface area contributed by atoms with Crippen LogP contribution in [-0.2, 0) is 11.3 Å². The van der Waals surface area contributed by atoms with Gasteiger partial charge in [0.1, 0.15) is 0 Å². The van der Waals surface area contributed by atoms with Crippen LogP contribution in [0.25, 0.3) is 0 Å². The van der Waals surface area contributed by atoms with Crippen LogP contribution in [0.1, 0.15) is 12.5 Å². The van der Waals surface area contributed by atoms with E-state index < -0.39 is 6.04 Å². The molecule has 19 heavy (non-hydrogen) atoms. The van der Waals surface area contributed by atoms with Gasteiger partial charge in [0.15, 0.2) is 11.5 Å². The SMILES string of the molecule is COc1cc(CNC(=O)C(C)N)cc(OC)c1OC. The topological polar surface area (TPSA) is 82.8 Å². The Kier molecular flexibility index (Phi) is 5.44. The Bertz CT molecular complexity index is 421. The van der Waals surface area contributed by atoms with Crippen LogP contribution in [0.15, 0.2) is 12.1 Å². The van der Waals surface area contributed by atoms with E-state index >= 15 is 0 Å². The molecule has 1 rings (SSSR count). The molecule has 0 saturated carbocycles. The molecule has 106 valence electrons. The third-order valence-electron chi connectivity index (χ3n) is 2.60. The van der Waals surface area contributed by atoms with Crippen molar-refractivity contribution in [2.75, 3.05) is 21.3 Å². The van der Waals surface area contributed by atoms with Gasteiger partial charge in [-0.1, -0.05) is 0 Å². The second-order valence-corrected chi connectivity index (χ2v) is 4.04. The van der Waals surface area contributed by atoms with Crippen molar-refractivity contribution in [2.45, 2.75) is 19.5 Å². The summed E-state index contributed by atoms with van der Waals surface area (Å²) in [5.41, 5.74) is 6.31. The Morgan fingerprint density at radius 1 is 1.21 bits per heavy atom. The number of methoxy groups -OCH3 is 3. The highest BCUT2D eigenvalue weighted by molar-refractivity contribution is 5.80. The van der Waals surface area contributed by atoms with Crippen LogP contribution in [0.2, 0.25) is 0 Å². The van der Waals surface area contributed by atoms with Crippen molar-refractivity contribution in [3.05, 3.63) is 17.7 Å². The summed E-state index contributed by atoms with van der Waals surface area (Å²) >= 11 is 0. The van der Waals surface area contributed by atoms with Crippen molar-refractivity contribution in [3.63, 3.8) is 0 Å². The van der Waals surface area contributed by atoms with Gasteiger partial charge < -0.3 is 25.3 Å². The molecule has 1 aromatic carbocycles. The summed E-state index contributed by atoms with van der Waals surface area (Å²) in [5, 5.41) is 2.72. The molecule has 6 nitrogen and oxygen atoms in total. The molecule has 0 bridgehead atoms. The van der Waals surface area contributed by atoms with Crippen LogP contribution in [0.4, 0.5) is 0 Å². The minimum Gasteiger partial charge on any atom is -0.493 e. The maximum absolute atomic E-state index is 11.4. The number of nitrogens with one attached hydrogen (secondary N) is 1. The molecule has 0 fully saturated rings. The predicted molar refractivity (Wildman–Crippen MR) is 71.6 cm³/mol. The molecule has 0 aliphatic carbocycles. The van der Waals surface area contributed by atoms with Crippen LogP contribution in [-0.4, -0.2) is 33.3 Å². The number of amides is 1. The Balaban J connectivity index is 2.93. The molecule has 0 saturated heterocycles. The summed E-state index contributed by atoms with van der Waals surface area (Å²) in [4.78, 5) is 11.4. The zero-order chi connectivity index (χ0) is 14.4. The maximum Gasteiger partial charge on any atom is 0.236 e. The average Bonchev–Trinajstić information content (AvgIpc) is 2.42. The number of ether oxygens (including phenoxy) is 3. The van der Waals surface area contributed by atoms with Gasteiger partial charge in [0.2, 0.25) is 11.7 Å². The van der Waals surface area contributed by atoms with Crippen LogP contribution < -0.4 is 25.3 Å². The molecule has 6 heteroatoms. The lowest BCUT2D eigenvalue weighted by Gasteiger charge is -2.14. The molecular formula is C13H20N2O4. The highest BCUT2D eigenvalue weighted by Gasteiger charge is 2.14. The van der Waals surface area contributed by atoms with Gasteiger partial charge in [-0.25, -0.2) is 0 Å². The Morgan fingerprint density at radius 2 is 1.74 bits per heavy atom. The molecular weight excluding hydrogens is 248 g/mol. The molecule has 3 N–H and O–H groups in total. The van der Waals surface area contributed by atoms with Crippen molar-refractivity contribution in [2.24, 2.45) is 5.73 Å². The summed E-state index contributed by atoms with van der Waals surface area (Å²) in [6.45, 7) is 1.97. The molecule has 0 spiro atoms. The highest BCUT2D eigenvalue weighted by atomic mass is 16.5. The fourth-order valence-corrected chi connectivity index (χ4v) is 1.59. The molecule has 0 aliphatic rings. The van der Waals surface area contributed by atoms with Gasteiger partial charge >= 0.3 is 0 Å². The van der Waals surface area contributed by atoms with E-state index in [0.717, 1.165) is 5.56 Å². The fraction of sp³-hybridized carbons (Fsp3) is 0.462. The molecule has 1 amide bonds. The first-order chi connectivity index (χ1) is 9.03. The standard InChI is InChI=1S/C13H20N2O4/c1-8(14)13(16)15-7-9-5-10(17-2)12(19-4)11(6-9)18-3/h5-6,8H,7,14H2,1-4H3,(H,15,16). The number of carbonyl (C=O) groups is 1. The quantitative estimate of drug-likeness (QED) is 0.792. The van der Waals surface area contributed by atoms with E-state index in [1.54, 1.807) is 33.3 Å². The first-order valence-electron chi connectivity index (χ1n) is 5.85. The van der Waals surface area contributed by atoms with Gasteiger partial charge in [-0.2, -0.15) is 0 Å². The van der Waals surface area contributed by atoms with Crippen molar-refractivity contribution >= 4 is 5.91 Å². The minimum atomic E-state index is -0.540. The zero-order valence-electron chi connectivity index (χ0n) is 11.6.